The first-order valence-electron chi connectivity index (χ1n) is 11.5. The molecule has 2 aliphatic rings. The highest BCUT2D eigenvalue weighted by Crippen LogP contribution is 2.39. The Morgan fingerprint density at radius 2 is 1.74 bits per heavy atom. The van der Waals surface area contributed by atoms with Crippen LogP contribution in [-0.4, -0.2) is 55.1 Å². The molecule has 1 amide bonds. The summed E-state index contributed by atoms with van der Waals surface area (Å²) in [5.41, 5.74) is 1.47. The fourth-order valence-corrected chi connectivity index (χ4v) is 5.27. The third-order valence-corrected chi connectivity index (χ3v) is 7.02. The van der Waals surface area contributed by atoms with Crippen molar-refractivity contribution in [3.8, 4) is 0 Å². The molecule has 0 spiro atoms. The number of nitrogens with zero attached hydrogens (tertiary/aromatic N) is 2. The normalized spacial score (nSPS) is 18.7. The Morgan fingerprint density at radius 3 is 2.56 bits per heavy atom. The molecule has 1 fully saturated rings. The number of hydrogen-bond donors (Lipinski definition) is 0. The van der Waals surface area contributed by atoms with Gasteiger partial charge in [-0.2, -0.15) is 0 Å². The van der Waals surface area contributed by atoms with Crippen LogP contribution in [0.15, 0.2) is 69.9 Å². The number of ether oxygens (including phenoxy) is 1. The van der Waals surface area contributed by atoms with E-state index in [-0.39, 0.29) is 17.1 Å². The van der Waals surface area contributed by atoms with Crippen LogP contribution in [0.25, 0.3) is 21.7 Å². The predicted molar refractivity (Wildman–Crippen MR) is 132 cm³/mol. The van der Waals surface area contributed by atoms with Crippen LogP contribution in [0.5, 0.6) is 0 Å². The van der Waals surface area contributed by atoms with Gasteiger partial charge in [0.15, 0.2) is 5.43 Å². The molecule has 3 aromatic carbocycles. The number of fused-ring (bicyclic) bond motifs is 4. The van der Waals surface area contributed by atoms with E-state index < -0.39 is 6.04 Å². The number of morpholine rings is 1. The van der Waals surface area contributed by atoms with Crippen LogP contribution in [0.2, 0.25) is 5.02 Å². The molecule has 0 saturated carbocycles. The molecule has 0 N–H and O–H groups in total. The van der Waals surface area contributed by atoms with E-state index in [4.69, 9.17) is 20.8 Å². The van der Waals surface area contributed by atoms with Gasteiger partial charge in [-0.05, 0) is 29.1 Å². The number of rotatable bonds is 4. The van der Waals surface area contributed by atoms with E-state index in [1.165, 1.54) is 0 Å². The minimum Gasteiger partial charge on any atom is -0.450 e. The van der Waals surface area contributed by atoms with Gasteiger partial charge in [-0.15, -0.1) is 0 Å². The highest BCUT2D eigenvalue weighted by molar-refractivity contribution is 6.30. The number of halogens is 1. The molecular formula is C27H23ClN2O4. The summed E-state index contributed by atoms with van der Waals surface area (Å²) in [5.74, 6) is -0.138. The van der Waals surface area contributed by atoms with Gasteiger partial charge < -0.3 is 14.1 Å². The van der Waals surface area contributed by atoms with Crippen molar-refractivity contribution in [1.82, 2.24) is 9.80 Å². The SMILES string of the molecule is O=C1c2oc3c(ccc4ccccc43)c(=O)c2C(c2cccc(Cl)c2)N1CCN1CCOCC1. The lowest BCUT2D eigenvalue weighted by Gasteiger charge is -2.31. The Morgan fingerprint density at radius 1 is 0.912 bits per heavy atom. The summed E-state index contributed by atoms with van der Waals surface area (Å²) in [4.78, 5) is 31.5. The van der Waals surface area contributed by atoms with Gasteiger partial charge in [0.2, 0.25) is 5.76 Å². The van der Waals surface area contributed by atoms with Crippen molar-refractivity contribution in [2.45, 2.75) is 6.04 Å². The van der Waals surface area contributed by atoms with Crippen LogP contribution in [-0.2, 0) is 4.74 Å². The Balaban J connectivity index is 1.51. The average molecular weight is 475 g/mol. The molecule has 0 aliphatic carbocycles. The zero-order valence-corrected chi connectivity index (χ0v) is 19.3. The number of amides is 1. The summed E-state index contributed by atoms with van der Waals surface area (Å²) in [6, 6.07) is 18.2. The maximum absolute atomic E-state index is 13.8. The van der Waals surface area contributed by atoms with Crippen molar-refractivity contribution in [2.75, 3.05) is 39.4 Å². The maximum Gasteiger partial charge on any atom is 0.290 e. The molecule has 1 unspecified atom stereocenters. The second-order valence-corrected chi connectivity index (χ2v) is 9.18. The van der Waals surface area contributed by atoms with Gasteiger partial charge in [-0.25, -0.2) is 0 Å². The van der Waals surface area contributed by atoms with Crippen LogP contribution in [0.1, 0.15) is 27.7 Å². The number of carbonyl (C=O) groups excluding carboxylic acids is 1. The molecule has 7 heteroatoms. The van der Waals surface area contributed by atoms with Gasteiger partial charge in [-0.3, -0.25) is 14.5 Å². The highest BCUT2D eigenvalue weighted by Gasteiger charge is 2.42. The summed E-state index contributed by atoms with van der Waals surface area (Å²) in [6.45, 7) is 4.18. The summed E-state index contributed by atoms with van der Waals surface area (Å²) < 4.78 is 11.7. The molecule has 1 aromatic heterocycles. The molecular weight excluding hydrogens is 452 g/mol. The molecule has 0 radical (unpaired) electrons. The van der Waals surface area contributed by atoms with Crippen molar-refractivity contribution < 1.29 is 13.9 Å². The van der Waals surface area contributed by atoms with E-state index in [0.29, 0.717) is 47.9 Å². The highest BCUT2D eigenvalue weighted by atomic mass is 35.5. The lowest BCUT2D eigenvalue weighted by Crippen LogP contribution is -2.42. The van der Waals surface area contributed by atoms with Crippen molar-refractivity contribution >= 4 is 39.2 Å². The first-order chi connectivity index (χ1) is 16.6. The summed E-state index contributed by atoms with van der Waals surface area (Å²) in [7, 11) is 0. The molecule has 6 rings (SSSR count). The smallest absolute Gasteiger partial charge is 0.290 e. The molecule has 1 saturated heterocycles. The second-order valence-electron chi connectivity index (χ2n) is 8.75. The molecule has 4 aromatic rings. The number of carbonyl (C=O) groups is 1. The Labute approximate surface area is 201 Å². The monoisotopic (exact) mass is 474 g/mol. The van der Waals surface area contributed by atoms with Crippen LogP contribution in [0.4, 0.5) is 0 Å². The summed E-state index contributed by atoms with van der Waals surface area (Å²) in [6.07, 6.45) is 0. The third-order valence-electron chi connectivity index (χ3n) is 6.78. The van der Waals surface area contributed by atoms with E-state index in [0.717, 1.165) is 29.4 Å². The van der Waals surface area contributed by atoms with Crippen molar-refractivity contribution in [2.24, 2.45) is 0 Å². The standard InChI is InChI=1S/C27H23ClN2O4/c28-19-6-3-5-18(16-19)23-22-24(31)21-9-8-17-4-1-2-7-20(17)25(21)34-26(22)27(32)30(23)11-10-29-12-14-33-15-13-29/h1-9,16,23H,10-15H2. The van der Waals surface area contributed by atoms with Crippen molar-refractivity contribution in [1.29, 1.82) is 0 Å². The average Bonchev–Trinajstić information content (AvgIpc) is 3.15. The lowest BCUT2D eigenvalue weighted by molar-refractivity contribution is 0.0314. The van der Waals surface area contributed by atoms with Crippen LogP contribution in [0, 0.1) is 0 Å². The van der Waals surface area contributed by atoms with E-state index >= 15 is 0 Å². The molecule has 34 heavy (non-hydrogen) atoms. The molecule has 1 atom stereocenters. The first kappa shape index (κ1) is 21.4. The molecule has 6 nitrogen and oxygen atoms in total. The topological polar surface area (TPSA) is 63.0 Å². The molecule has 172 valence electrons. The quantitative estimate of drug-likeness (QED) is 0.408. The Bertz CT molecular complexity index is 1480. The van der Waals surface area contributed by atoms with Crippen LogP contribution >= 0.6 is 11.6 Å². The Kier molecular flexibility index (Phi) is 5.37. The van der Waals surface area contributed by atoms with Gasteiger partial charge in [-0.1, -0.05) is 54.1 Å². The van der Waals surface area contributed by atoms with E-state index in [1.54, 1.807) is 17.0 Å². The molecule has 2 aliphatic heterocycles. The summed E-state index contributed by atoms with van der Waals surface area (Å²) in [5, 5.41) is 2.81. The minimum atomic E-state index is -0.547. The van der Waals surface area contributed by atoms with Gasteiger partial charge in [0.1, 0.15) is 5.58 Å². The number of benzene rings is 3. The van der Waals surface area contributed by atoms with Crippen LogP contribution < -0.4 is 5.43 Å². The first-order valence-corrected chi connectivity index (χ1v) is 11.8. The van der Waals surface area contributed by atoms with Gasteiger partial charge >= 0.3 is 0 Å². The van der Waals surface area contributed by atoms with Crippen molar-refractivity contribution in [3.05, 3.63) is 92.8 Å². The molecule has 0 bridgehead atoms. The fraction of sp³-hybridized carbons (Fsp3) is 0.259. The van der Waals surface area contributed by atoms with E-state index in [2.05, 4.69) is 4.90 Å². The maximum atomic E-state index is 13.8. The van der Waals surface area contributed by atoms with E-state index in [9.17, 15) is 9.59 Å². The van der Waals surface area contributed by atoms with Gasteiger partial charge in [0, 0.05) is 36.6 Å². The van der Waals surface area contributed by atoms with Crippen molar-refractivity contribution in [3.63, 3.8) is 0 Å². The van der Waals surface area contributed by atoms with Crippen LogP contribution in [0.3, 0.4) is 0 Å². The largest absolute Gasteiger partial charge is 0.450 e. The Hall–Kier alpha value is -3.19. The second kappa shape index (κ2) is 8.55. The predicted octanol–water partition coefficient (Wildman–Crippen LogP) is 4.48. The zero-order chi connectivity index (χ0) is 23.2. The zero-order valence-electron chi connectivity index (χ0n) is 18.5. The molecule has 3 heterocycles. The van der Waals surface area contributed by atoms with Gasteiger partial charge in [0.05, 0.1) is 30.2 Å². The van der Waals surface area contributed by atoms with Gasteiger partial charge in [0.25, 0.3) is 5.91 Å². The third kappa shape index (κ3) is 3.50. The fourth-order valence-electron chi connectivity index (χ4n) is 5.08. The lowest BCUT2D eigenvalue weighted by atomic mass is 9.97. The summed E-state index contributed by atoms with van der Waals surface area (Å²) >= 11 is 6.31. The minimum absolute atomic E-state index is 0.126. The number of hydrogen-bond acceptors (Lipinski definition) is 5. The van der Waals surface area contributed by atoms with E-state index in [1.807, 2.05) is 48.5 Å².